The molecule has 0 aromatic heterocycles. The fraction of sp³-hybridized carbons (Fsp3) is 0.385. The molecular weight excluding hydrogens is 287 g/mol. The van der Waals surface area contributed by atoms with E-state index in [0.29, 0.717) is 22.2 Å². The van der Waals surface area contributed by atoms with Crippen LogP contribution in [-0.4, -0.2) is 24.4 Å². The molecule has 102 valence electrons. The zero-order chi connectivity index (χ0) is 14.0. The first-order chi connectivity index (χ1) is 9.04. The fourth-order valence-electron chi connectivity index (χ4n) is 2.13. The maximum absolute atomic E-state index is 12.4. The van der Waals surface area contributed by atoms with Gasteiger partial charge in [0.05, 0.1) is 15.7 Å². The second-order valence-corrected chi connectivity index (χ2v) is 5.22. The summed E-state index contributed by atoms with van der Waals surface area (Å²) in [5.74, 6) is -0.370. The lowest BCUT2D eigenvalue weighted by atomic mass is 10.1. The average Bonchev–Trinajstić information content (AvgIpc) is 2.34. The first kappa shape index (κ1) is 14.2. The van der Waals surface area contributed by atoms with E-state index in [4.69, 9.17) is 23.2 Å². The van der Waals surface area contributed by atoms with E-state index in [1.807, 2.05) is 6.92 Å². The lowest BCUT2D eigenvalue weighted by Crippen LogP contribution is -2.58. The Balaban J connectivity index is 2.37. The lowest BCUT2D eigenvalue weighted by Gasteiger charge is -2.33. The van der Waals surface area contributed by atoms with Crippen LogP contribution in [0.25, 0.3) is 0 Å². The topological polar surface area (TPSA) is 49.4 Å². The van der Waals surface area contributed by atoms with Crippen LogP contribution in [0, 0.1) is 0 Å². The number of benzene rings is 1. The zero-order valence-corrected chi connectivity index (χ0v) is 12.0. The second-order valence-electron chi connectivity index (χ2n) is 4.40. The third kappa shape index (κ3) is 2.85. The number of halogens is 2. The van der Waals surface area contributed by atoms with Crippen molar-refractivity contribution in [1.82, 2.24) is 5.32 Å². The lowest BCUT2D eigenvalue weighted by molar-refractivity contribution is -0.131. The molecule has 0 spiro atoms. The molecule has 2 amide bonds. The van der Waals surface area contributed by atoms with Gasteiger partial charge < -0.3 is 5.32 Å². The van der Waals surface area contributed by atoms with E-state index >= 15 is 0 Å². The third-order valence-corrected chi connectivity index (χ3v) is 3.60. The van der Waals surface area contributed by atoms with Gasteiger partial charge in [-0.05, 0) is 18.6 Å². The molecule has 0 radical (unpaired) electrons. The van der Waals surface area contributed by atoms with E-state index in [1.165, 1.54) is 4.90 Å². The Morgan fingerprint density at radius 2 is 1.95 bits per heavy atom. The molecular formula is C13H14Cl2N2O2. The number of nitrogens with zero attached hydrogens (tertiary/aromatic N) is 1. The van der Waals surface area contributed by atoms with Crippen molar-refractivity contribution < 1.29 is 9.59 Å². The zero-order valence-electron chi connectivity index (χ0n) is 10.5. The minimum absolute atomic E-state index is 0.0531. The highest BCUT2D eigenvalue weighted by molar-refractivity contribution is 6.40. The van der Waals surface area contributed by atoms with Crippen molar-refractivity contribution in [2.75, 3.05) is 11.4 Å². The SMILES string of the molecule is CCCC1NC(=O)CN(c2c(Cl)cccc2Cl)C1=O. The van der Waals surface area contributed by atoms with E-state index in [1.54, 1.807) is 18.2 Å². The van der Waals surface area contributed by atoms with E-state index < -0.39 is 6.04 Å². The summed E-state index contributed by atoms with van der Waals surface area (Å²) >= 11 is 12.2. The number of piperazine rings is 1. The molecule has 1 saturated heterocycles. The number of carbonyl (C=O) groups is 2. The van der Waals surface area contributed by atoms with Crippen LogP contribution >= 0.6 is 23.2 Å². The smallest absolute Gasteiger partial charge is 0.250 e. The van der Waals surface area contributed by atoms with E-state index in [-0.39, 0.29) is 18.4 Å². The highest BCUT2D eigenvalue weighted by atomic mass is 35.5. The van der Waals surface area contributed by atoms with Crippen molar-refractivity contribution in [3.63, 3.8) is 0 Å². The number of nitrogens with one attached hydrogen (secondary N) is 1. The molecule has 1 atom stereocenters. The predicted molar refractivity (Wildman–Crippen MR) is 75.7 cm³/mol. The molecule has 1 aromatic carbocycles. The molecule has 1 aliphatic rings. The Labute approximate surface area is 121 Å². The summed E-state index contributed by atoms with van der Waals surface area (Å²) in [7, 11) is 0. The van der Waals surface area contributed by atoms with Crippen LogP contribution in [0.2, 0.25) is 10.0 Å². The minimum atomic E-state index is -0.501. The molecule has 0 saturated carbocycles. The summed E-state index contributed by atoms with van der Waals surface area (Å²) in [5.41, 5.74) is 0.409. The maximum Gasteiger partial charge on any atom is 0.250 e. The highest BCUT2D eigenvalue weighted by Gasteiger charge is 2.34. The van der Waals surface area contributed by atoms with Gasteiger partial charge in [-0.2, -0.15) is 0 Å². The molecule has 19 heavy (non-hydrogen) atoms. The summed E-state index contributed by atoms with van der Waals surface area (Å²) in [6, 6.07) is 4.50. The van der Waals surface area contributed by atoms with Crippen LogP contribution in [0.15, 0.2) is 18.2 Å². The fourth-order valence-corrected chi connectivity index (χ4v) is 2.73. The van der Waals surface area contributed by atoms with Crippen molar-refractivity contribution >= 4 is 40.7 Å². The molecule has 1 N–H and O–H groups in total. The first-order valence-corrected chi connectivity index (χ1v) is 6.85. The van der Waals surface area contributed by atoms with Gasteiger partial charge in [-0.1, -0.05) is 42.6 Å². The Morgan fingerprint density at radius 1 is 1.32 bits per heavy atom. The van der Waals surface area contributed by atoms with Gasteiger partial charge in [0.25, 0.3) is 0 Å². The molecule has 1 aromatic rings. The molecule has 1 aliphatic heterocycles. The number of rotatable bonds is 3. The van der Waals surface area contributed by atoms with Gasteiger partial charge >= 0.3 is 0 Å². The number of hydrogen-bond acceptors (Lipinski definition) is 2. The monoisotopic (exact) mass is 300 g/mol. The number of anilines is 1. The van der Waals surface area contributed by atoms with Gasteiger partial charge in [-0.3, -0.25) is 14.5 Å². The number of hydrogen-bond donors (Lipinski definition) is 1. The molecule has 1 heterocycles. The molecule has 1 fully saturated rings. The van der Waals surface area contributed by atoms with Gasteiger partial charge in [0.1, 0.15) is 12.6 Å². The quantitative estimate of drug-likeness (QED) is 0.933. The van der Waals surface area contributed by atoms with Crippen LogP contribution in [0.4, 0.5) is 5.69 Å². The van der Waals surface area contributed by atoms with Crippen molar-refractivity contribution in [1.29, 1.82) is 0 Å². The number of carbonyl (C=O) groups excluding carboxylic acids is 2. The summed E-state index contributed by atoms with van der Waals surface area (Å²) in [6.07, 6.45) is 1.41. The Kier molecular flexibility index (Phi) is 4.32. The van der Waals surface area contributed by atoms with Crippen molar-refractivity contribution in [2.24, 2.45) is 0 Å². The van der Waals surface area contributed by atoms with Gasteiger partial charge in [0.2, 0.25) is 11.8 Å². The van der Waals surface area contributed by atoms with Crippen LogP contribution < -0.4 is 10.2 Å². The van der Waals surface area contributed by atoms with Crippen LogP contribution in [0.3, 0.4) is 0 Å². The molecule has 0 aliphatic carbocycles. The van der Waals surface area contributed by atoms with Gasteiger partial charge in [-0.15, -0.1) is 0 Å². The third-order valence-electron chi connectivity index (χ3n) is 2.99. The van der Waals surface area contributed by atoms with Gasteiger partial charge in [0, 0.05) is 0 Å². The molecule has 2 rings (SSSR count). The second kappa shape index (κ2) is 5.80. The van der Waals surface area contributed by atoms with E-state index in [2.05, 4.69) is 5.32 Å². The summed E-state index contributed by atoms with van der Waals surface area (Å²) in [6.45, 7) is 1.91. The molecule has 1 unspecified atom stereocenters. The average molecular weight is 301 g/mol. The Hall–Kier alpha value is -1.26. The number of amides is 2. The van der Waals surface area contributed by atoms with Crippen LogP contribution in [0.1, 0.15) is 19.8 Å². The van der Waals surface area contributed by atoms with Crippen LogP contribution in [0.5, 0.6) is 0 Å². The largest absolute Gasteiger partial charge is 0.343 e. The van der Waals surface area contributed by atoms with Gasteiger partial charge in [-0.25, -0.2) is 0 Å². The Morgan fingerprint density at radius 3 is 2.53 bits per heavy atom. The molecule has 4 nitrogen and oxygen atoms in total. The Bertz CT molecular complexity index is 499. The first-order valence-electron chi connectivity index (χ1n) is 6.09. The normalized spacial score (nSPS) is 19.5. The van der Waals surface area contributed by atoms with Crippen molar-refractivity contribution in [2.45, 2.75) is 25.8 Å². The predicted octanol–water partition coefficient (Wildman–Crippen LogP) is 2.62. The highest BCUT2D eigenvalue weighted by Crippen LogP contribution is 2.34. The van der Waals surface area contributed by atoms with Gasteiger partial charge in [0.15, 0.2) is 0 Å². The molecule has 0 bridgehead atoms. The maximum atomic E-state index is 12.4. The number of para-hydroxylation sites is 1. The van der Waals surface area contributed by atoms with E-state index in [9.17, 15) is 9.59 Å². The summed E-state index contributed by atoms with van der Waals surface area (Å²) in [4.78, 5) is 25.4. The summed E-state index contributed by atoms with van der Waals surface area (Å²) in [5, 5.41) is 3.42. The van der Waals surface area contributed by atoms with Crippen molar-refractivity contribution in [3.05, 3.63) is 28.2 Å². The summed E-state index contributed by atoms with van der Waals surface area (Å²) < 4.78 is 0. The standard InChI is InChI=1S/C13H14Cl2N2O2/c1-2-4-10-13(19)17(7-11(18)16-10)12-8(14)5-3-6-9(12)15/h3,5-6,10H,2,4,7H2,1H3,(H,16,18). The minimum Gasteiger partial charge on any atom is -0.343 e. The molecule has 6 heteroatoms. The van der Waals surface area contributed by atoms with Crippen molar-refractivity contribution in [3.8, 4) is 0 Å². The van der Waals surface area contributed by atoms with E-state index in [0.717, 1.165) is 6.42 Å². The van der Waals surface area contributed by atoms with Crippen LogP contribution in [-0.2, 0) is 9.59 Å².